The van der Waals surface area contributed by atoms with Gasteiger partial charge in [0.1, 0.15) is 0 Å². The number of aromatic nitrogens is 2. The normalized spacial score (nSPS) is 16.0. The Hall–Kier alpha value is -1.89. The van der Waals surface area contributed by atoms with Gasteiger partial charge in [-0.15, -0.1) is 12.4 Å². The predicted molar refractivity (Wildman–Crippen MR) is 98.4 cm³/mol. The van der Waals surface area contributed by atoms with Gasteiger partial charge in [0, 0.05) is 38.7 Å². The Morgan fingerprint density at radius 2 is 1.92 bits per heavy atom. The van der Waals surface area contributed by atoms with Crippen LogP contribution in [0.25, 0.3) is 0 Å². The van der Waals surface area contributed by atoms with Crippen molar-refractivity contribution in [3.05, 3.63) is 53.9 Å². The Morgan fingerprint density at radius 1 is 1.24 bits per heavy atom. The average Bonchev–Trinajstić information content (AvgIpc) is 3.14. The number of nitrogens with one attached hydrogen (secondary N) is 1. The van der Waals surface area contributed by atoms with Crippen LogP contribution in [-0.2, 0) is 22.6 Å². The lowest BCUT2D eigenvalue weighted by molar-refractivity contribution is -0.136. The van der Waals surface area contributed by atoms with E-state index in [0.29, 0.717) is 39.1 Å². The van der Waals surface area contributed by atoms with Gasteiger partial charge in [0.15, 0.2) is 0 Å². The summed E-state index contributed by atoms with van der Waals surface area (Å²) in [4.78, 5) is 12.5. The number of hydrogen-bond acceptors (Lipinski definition) is 4. The third kappa shape index (κ3) is 4.81. The van der Waals surface area contributed by atoms with Crippen molar-refractivity contribution in [3.63, 3.8) is 0 Å². The molecule has 1 amide bonds. The number of nitrogens with two attached hydrogens (primary N) is 1. The third-order valence-corrected chi connectivity index (χ3v) is 4.70. The number of benzene rings is 1. The molecule has 1 fully saturated rings. The van der Waals surface area contributed by atoms with E-state index in [1.165, 1.54) is 5.56 Å². The van der Waals surface area contributed by atoms with Crippen molar-refractivity contribution >= 4 is 18.3 Å². The van der Waals surface area contributed by atoms with Crippen molar-refractivity contribution < 1.29 is 9.53 Å². The van der Waals surface area contributed by atoms with Crippen LogP contribution < -0.4 is 11.1 Å². The molecule has 0 radical (unpaired) electrons. The maximum atomic E-state index is 12.5. The standard InChI is InChI=1S/C18H24N4O2.ClH/c19-14-18(6-10-24-11-7-18)17(23)20-12-15-2-4-16(5-3-15)13-22-9-1-8-21-22;/h1-5,8-9H,6-7,10-14,19H2,(H,20,23);1H. The molecule has 3 rings (SSSR count). The van der Waals surface area contributed by atoms with E-state index in [1.54, 1.807) is 6.20 Å². The largest absolute Gasteiger partial charge is 0.381 e. The molecule has 25 heavy (non-hydrogen) atoms. The second-order valence-corrected chi connectivity index (χ2v) is 6.30. The van der Waals surface area contributed by atoms with Crippen LogP contribution in [-0.4, -0.2) is 35.4 Å². The zero-order valence-corrected chi connectivity index (χ0v) is 15.0. The van der Waals surface area contributed by atoms with Gasteiger partial charge in [-0.25, -0.2) is 0 Å². The molecular weight excluding hydrogens is 340 g/mol. The smallest absolute Gasteiger partial charge is 0.227 e. The molecule has 1 aliphatic rings. The molecule has 1 aliphatic heterocycles. The highest BCUT2D eigenvalue weighted by atomic mass is 35.5. The predicted octanol–water partition coefficient (Wildman–Crippen LogP) is 1.72. The first kappa shape index (κ1) is 19.4. The van der Waals surface area contributed by atoms with Gasteiger partial charge in [-0.1, -0.05) is 24.3 Å². The molecular formula is C18H25ClN4O2. The van der Waals surface area contributed by atoms with Gasteiger partial charge >= 0.3 is 0 Å². The highest BCUT2D eigenvalue weighted by Gasteiger charge is 2.38. The molecule has 1 aromatic carbocycles. The van der Waals surface area contributed by atoms with Crippen LogP contribution in [0.1, 0.15) is 24.0 Å². The highest BCUT2D eigenvalue weighted by molar-refractivity contribution is 5.85. The number of amides is 1. The van der Waals surface area contributed by atoms with E-state index in [2.05, 4.69) is 22.5 Å². The molecule has 1 aromatic heterocycles. The van der Waals surface area contributed by atoms with Crippen molar-refractivity contribution in [2.24, 2.45) is 11.1 Å². The van der Waals surface area contributed by atoms with Crippen molar-refractivity contribution in [1.82, 2.24) is 15.1 Å². The minimum absolute atomic E-state index is 0. The lowest BCUT2D eigenvalue weighted by atomic mass is 9.79. The van der Waals surface area contributed by atoms with Crippen LogP contribution in [0, 0.1) is 5.41 Å². The van der Waals surface area contributed by atoms with E-state index in [4.69, 9.17) is 10.5 Å². The van der Waals surface area contributed by atoms with E-state index in [1.807, 2.05) is 29.1 Å². The number of carbonyl (C=O) groups excluding carboxylic acids is 1. The molecule has 1 saturated heterocycles. The van der Waals surface area contributed by atoms with E-state index >= 15 is 0 Å². The molecule has 6 nitrogen and oxygen atoms in total. The summed E-state index contributed by atoms with van der Waals surface area (Å²) in [6.07, 6.45) is 5.10. The van der Waals surface area contributed by atoms with Gasteiger partial charge in [0.25, 0.3) is 0 Å². The second-order valence-electron chi connectivity index (χ2n) is 6.30. The van der Waals surface area contributed by atoms with Crippen LogP contribution in [0.15, 0.2) is 42.7 Å². The fourth-order valence-electron chi connectivity index (χ4n) is 3.00. The van der Waals surface area contributed by atoms with E-state index in [-0.39, 0.29) is 18.3 Å². The first-order valence-corrected chi connectivity index (χ1v) is 8.33. The third-order valence-electron chi connectivity index (χ3n) is 4.70. The molecule has 0 spiro atoms. The quantitative estimate of drug-likeness (QED) is 0.817. The average molecular weight is 365 g/mol. The molecule has 2 heterocycles. The zero-order chi connectivity index (χ0) is 16.8. The lowest BCUT2D eigenvalue weighted by Crippen LogP contribution is -2.48. The Labute approximate surface area is 154 Å². The number of rotatable bonds is 6. The molecule has 0 atom stereocenters. The Kier molecular flexibility index (Phi) is 6.99. The van der Waals surface area contributed by atoms with Gasteiger partial charge in [-0.05, 0) is 30.0 Å². The maximum absolute atomic E-state index is 12.5. The molecule has 2 aromatic rings. The molecule has 0 aliphatic carbocycles. The van der Waals surface area contributed by atoms with Crippen LogP contribution >= 0.6 is 12.4 Å². The number of nitrogens with zero attached hydrogens (tertiary/aromatic N) is 2. The Morgan fingerprint density at radius 3 is 2.52 bits per heavy atom. The number of ether oxygens (including phenoxy) is 1. The summed E-state index contributed by atoms with van der Waals surface area (Å²) in [6.45, 7) is 2.84. The molecule has 0 bridgehead atoms. The van der Waals surface area contributed by atoms with Crippen LogP contribution in [0.5, 0.6) is 0 Å². The number of hydrogen-bond donors (Lipinski definition) is 2. The molecule has 0 unspecified atom stereocenters. The number of carbonyl (C=O) groups is 1. The van der Waals surface area contributed by atoms with E-state index in [9.17, 15) is 4.79 Å². The van der Waals surface area contributed by atoms with Crippen molar-refractivity contribution in [2.75, 3.05) is 19.8 Å². The minimum atomic E-state index is -0.474. The zero-order valence-electron chi connectivity index (χ0n) is 14.2. The topological polar surface area (TPSA) is 82.2 Å². The summed E-state index contributed by atoms with van der Waals surface area (Å²) < 4.78 is 7.23. The fourth-order valence-corrected chi connectivity index (χ4v) is 3.00. The van der Waals surface area contributed by atoms with Crippen molar-refractivity contribution in [1.29, 1.82) is 0 Å². The van der Waals surface area contributed by atoms with Crippen LogP contribution in [0.2, 0.25) is 0 Å². The van der Waals surface area contributed by atoms with Crippen LogP contribution in [0.4, 0.5) is 0 Å². The van der Waals surface area contributed by atoms with E-state index < -0.39 is 5.41 Å². The lowest BCUT2D eigenvalue weighted by Gasteiger charge is -2.34. The fraction of sp³-hybridized carbons (Fsp3) is 0.444. The molecule has 7 heteroatoms. The second kappa shape index (κ2) is 8.99. The molecule has 136 valence electrons. The Bertz CT molecular complexity index is 652. The summed E-state index contributed by atoms with van der Waals surface area (Å²) in [5.41, 5.74) is 7.65. The van der Waals surface area contributed by atoms with Gasteiger partial charge in [-0.2, -0.15) is 5.10 Å². The van der Waals surface area contributed by atoms with Gasteiger partial charge in [-0.3, -0.25) is 9.48 Å². The summed E-state index contributed by atoms with van der Waals surface area (Å²) >= 11 is 0. The van der Waals surface area contributed by atoms with Gasteiger partial charge in [0.2, 0.25) is 5.91 Å². The summed E-state index contributed by atoms with van der Waals surface area (Å²) in [5, 5.41) is 7.23. The maximum Gasteiger partial charge on any atom is 0.227 e. The first-order chi connectivity index (χ1) is 11.7. The SMILES string of the molecule is Cl.NCC1(C(=O)NCc2ccc(Cn3cccn3)cc2)CCOCC1. The minimum Gasteiger partial charge on any atom is -0.381 e. The molecule has 3 N–H and O–H groups in total. The van der Waals surface area contributed by atoms with Crippen molar-refractivity contribution in [2.45, 2.75) is 25.9 Å². The summed E-state index contributed by atoms with van der Waals surface area (Å²) in [5.74, 6) is 0.0360. The van der Waals surface area contributed by atoms with Gasteiger partial charge in [0.05, 0.1) is 12.0 Å². The summed E-state index contributed by atoms with van der Waals surface area (Å²) in [7, 11) is 0. The monoisotopic (exact) mass is 364 g/mol. The highest BCUT2D eigenvalue weighted by Crippen LogP contribution is 2.29. The van der Waals surface area contributed by atoms with E-state index in [0.717, 1.165) is 12.1 Å². The van der Waals surface area contributed by atoms with Gasteiger partial charge < -0.3 is 15.8 Å². The Balaban J connectivity index is 0.00000225. The summed E-state index contributed by atoms with van der Waals surface area (Å²) in [6, 6.07) is 10.1. The molecule has 0 saturated carbocycles. The van der Waals surface area contributed by atoms with Crippen molar-refractivity contribution in [3.8, 4) is 0 Å². The van der Waals surface area contributed by atoms with Crippen LogP contribution in [0.3, 0.4) is 0 Å². The number of halogens is 1. The first-order valence-electron chi connectivity index (χ1n) is 8.33.